The van der Waals surface area contributed by atoms with Crippen LogP contribution in [0.3, 0.4) is 0 Å². The molecule has 104 valence electrons. The molecule has 0 aliphatic rings. The van der Waals surface area contributed by atoms with Gasteiger partial charge >= 0.3 is 11.9 Å². The summed E-state index contributed by atoms with van der Waals surface area (Å²) in [5.41, 5.74) is 0.567. The smallest absolute Gasteiger partial charge is 0.339 e. The summed E-state index contributed by atoms with van der Waals surface area (Å²) in [5.74, 6) is -1.24. The molecule has 19 heavy (non-hydrogen) atoms. The van der Waals surface area contributed by atoms with Crippen molar-refractivity contribution < 1.29 is 19.1 Å². The molecule has 0 heterocycles. The molecule has 0 aliphatic heterocycles. The molecule has 1 aromatic rings. The van der Waals surface area contributed by atoms with Crippen LogP contribution in [0.5, 0.6) is 0 Å². The molecular formula is C12H11Cl3O4. The molecule has 0 saturated heterocycles. The maximum atomic E-state index is 11.7. The van der Waals surface area contributed by atoms with Crippen molar-refractivity contribution in [2.24, 2.45) is 0 Å². The second-order valence-corrected chi connectivity index (χ2v) is 4.89. The predicted octanol–water partition coefficient (Wildman–Crippen LogP) is 3.10. The second-order valence-electron chi connectivity index (χ2n) is 3.58. The topological polar surface area (TPSA) is 52.6 Å². The number of carbonyl (C=O) groups excluding carboxylic acids is 2. The van der Waals surface area contributed by atoms with Gasteiger partial charge < -0.3 is 9.47 Å². The summed E-state index contributed by atoms with van der Waals surface area (Å²) in [6, 6.07) is 3.09. The fraction of sp³-hybridized carbons (Fsp3) is 0.333. The van der Waals surface area contributed by atoms with Crippen molar-refractivity contribution in [3.63, 3.8) is 0 Å². The lowest BCUT2D eigenvalue weighted by Crippen LogP contribution is -2.20. The Kier molecular flexibility index (Phi) is 5.91. The van der Waals surface area contributed by atoms with E-state index in [9.17, 15) is 9.59 Å². The van der Waals surface area contributed by atoms with Gasteiger partial charge in [-0.3, -0.25) is 4.79 Å². The number of benzene rings is 1. The van der Waals surface area contributed by atoms with E-state index in [0.717, 1.165) is 0 Å². The van der Waals surface area contributed by atoms with Crippen molar-refractivity contribution in [3.8, 4) is 0 Å². The Morgan fingerprint density at radius 3 is 2.37 bits per heavy atom. The minimum atomic E-state index is -0.925. The Bertz CT molecular complexity index is 502. The summed E-state index contributed by atoms with van der Waals surface area (Å²) in [4.78, 5) is 23.0. The molecular weight excluding hydrogens is 314 g/mol. The van der Waals surface area contributed by atoms with Gasteiger partial charge in [0.05, 0.1) is 29.8 Å². The van der Waals surface area contributed by atoms with Crippen molar-refractivity contribution in [1.29, 1.82) is 0 Å². The Morgan fingerprint density at radius 1 is 1.21 bits per heavy atom. The first-order valence-corrected chi connectivity index (χ1v) is 6.38. The number of ether oxygens (including phenoxy) is 2. The fourth-order valence-corrected chi connectivity index (χ4v) is 2.16. The van der Waals surface area contributed by atoms with E-state index in [2.05, 4.69) is 9.47 Å². The van der Waals surface area contributed by atoms with Crippen LogP contribution < -0.4 is 0 Å². The van der Waals surface area contributed by atoms with E-state index in [1.807, 2.05) is 0 Å². The maximum absolute atomic E-state index is 11.7. The van der Waals surface area contributed by atoms with E-state index < -0.39 is 17.3 Å². The summed E-state index contributed by atoms with van der Waals surface area (Å²) in [6.45, 7) is 0. The molecule has 0 aliphatic carbocycles. The highest BCUT2D eigenvalue weighted by Gasteiger charge is 2.23. The van der Waals surface area contributed by atoms with Gasteiger partial charge in [0, 0.05) is 6.42 Å². The molecule has 1 aromatic carbocycles. The molecule has 1 atom stereocenters. The average Bonchev–Trinajstić information content (AvgIpc) is 2.41. The van der Waals surface area contributed by atoms with Gasteiger partial charge in [0.25, 0.3) is 0 Å². The largest absolute Gasteiger partial charge is 0.468 e. The van der Waals surface area contributed by atoms with Gasteiger partial charge in [-0.15, -0.1) is 11.6 Å². The van der Waals surface area contributed by atoms with E-state index in [4.69, 9.17) is 34.8 Å². The quantitative estimate of drug-likeness (QED) is 0.630. The first-order valence-electron chi connectivity index (χ1n) is 5.19. The van der Waals surface area contributed by atoms with Gasteiger partial charge in [-0.25, -0.2) is 4.79 Å². The van der Waals surface area contributed by atoms with Gasteiger partial charge in [-0.05, 0) is 11.6 Å². The lowest BCUT2D eigenvalue weighted by atomic mass is 10.0. The molecule has 0 fully saturated rings. The van der Waals surface area contributed by atoms with Crippen LogP contribution in [-0.2, 0) is 20.7 Å². The third-order valence-corrected chi connectivity index (χ3v) is 3.56. The zero-order valence-corrected chi connectivity index (χ0v) is 12.5. The van der Waals surface area contributed by atoms with Gasteiger partial charge in [0.15, 0.2) is 0 Å². The van der Waals surface area contributed by atoms with Crippen LogP contribution in [0.15, 0.2) is 12.1 Å². The number of alkyl halides is 1. The van der Waals surface area contributed by atoms with Gasteiger partial charge in [-0.1, -0.05) is 29.3 Å². The standard InChI is InChI=1S/C12H11Cl3O4/c1-18-11(16)8(14)5-6-3-4-7(13)10(15)9(6)12(17)19-2/h3-4,8H,5H2,1-2H3. The molecule has 0 radical (unpaired) electrons. The van der Waals surface area contributed by atoms with E-state index in [0.29, 0.717) is 5.56 Å². The lowest BCUT2D eigenvalue weighted by Gasteiger charge is -2.13. The second kappa shape index (κ2) is 6.98. The molecule has 0 bridgehead atoms. The Balaban J connectivity index is 3.17. The molecule has 1 unspecified atom stereocenters. The van der Waals surface area contributed by atoms with Crippen LogP contribution in [-0.4, -0.2) is 31.5 Å². The molecule has 0 spiro atoms. The monoisotopic (exact) mass is 324 g/mol. The molecule has 1 rings (SSSR count). The average molecular weight is 326 g/mol. The maximum Gasteiger partial charge on any atom is 0.339 e. The number of carbonyl (C=O) groups is 2. The van der Waals surface area contributed by atoms with Crippen LogP contribution in [0.4, 0.5) is 0 Å². The van der Waals surface area contributed by atoms with Crippen molar-refractivity contribution >= 4 is 46.7 Å². The number of methoxy groups -OCH3 is 2. The lowest BCUT2D eigenvalue weighted by molar-refractivity contribution is -0.140. The predicted molar refractivity (Wildman–Crippen MR) is 73.2 cm³/mol. The summed E-state index contributed by atoms with van der Waals surface area (Å²) in [6.07, 6.45) is 0.0789. The zero-order chi connectivity index (χ0) is 14.6. The number of rotatable bonds is 4. The molecule has 7 heteroatoms. The highest BCUT2D eigenvalue weighted by atomic mass is 35.5. The normalized spacial score (nSPS) is 11.8. The van der Waals surface area contributed by atoms with Crippen LogP contribution in [0.2, 0.25) is 10.0 Å². The minimum Gasteiger partial charge on any atom is -0.468 e. The number of hydrogen-bond acceptors (Lipinski definition) is 4. The van der Waals surface area contributed by atoms with Crippen molar-refractivity contribution in [1.82, 2.24) is 0 Å². The first kappa shape index (κ1) is 16.1. The molecule has 0 aromatic heterocycles. The van der Waals surface area contributed by atoms with E-state index in [1.165, 1.54) is 20.3 Å². The summed E-state index contributed by atoms with van der Waals surface area (Å²) in [7, 11) is 2.45. The summed E-state index contributed by atoms with van der Waals surface area (Å²) in [5, 5.41) is -0.639. The van der Waals surface area contributed by atoms with Crippen LogP contribution in [0.1, 0.15) is 15.9 Å². The summed E-state index contributed by atoms with van der Waals surface area (Å²) < 4.78 is 9.16. The number of halogens is 3. The third kappa shape index (κ3) is 3.75. The van der Waals surface area contributed by atoms with E-state index in [-0.39, 0.29) is 22.0 Å². The molecule has 0 amide bonds. The van der Waals surface area contributed by atoms with Crippen LogP contribution in [0.25, 0.3) is 0 Å². The zero-order valence-electron chi connectivity index (χ0n) is 10.2. The van der Waals surface area contributed by atoms with Gasteiger partial charge in [-0.2, -0.15) is 0 Å². The third-order valence-electron chi connectivity index (χ3n) is 2.43. The van der Waals surface area contributed by atoms with E-state index in [1.54, 1.807) is 6.07 Å². The van der Waals surface area contributed by atoms with Crippen molar-refractivity contribution in [3.05, 3.63) is 33.3 Å². The number of hydrogen-bond donors (Lipinski definition) is 0. The van der Waals surface area contributed by atoms with Gasteiger partial charge in [0.2, 0.25) is 0 Å². The number of esters is 2. The van der Waals surface area contributed by atoms with Crippen LogP contribution >= 0.6 is 34.8 Å². The highest BCUT2D eigenvalue weighted by molar-refractivity contribution is 6.43. The molecule has 4 nitrogen and oxygen atoms in total. The van der Waals surface area contributed by atoms with E-state index >= 15 is 0 Å². The minimum absolute atomic E-state index is 0.0692. The van der Waals surface area contributed by atoms with Crippen molar-refractivity contribution in [2.45, 2.75) is 11.8 Å². The first-order chi connectivity index (χ1) is 8.92. The fourth-order valence-electron chi connectivity index (χ4n) is 1.49. The Morgan fingerprint density at radius 2 is 1.84 bits per heavy atom. The van der Waals surface area contributed by atoms with Gasteiger partial charge in [0.1, 0.15) is 5.38 Å². The SMILES string of the molecule is COC(=O)c1c(CC(Cl)C(=O)OC)ccc(Cl)c1Cl. The van der Waals surface area contributed by atoms with Crippen molar-refractivity contribution in [2.75, 3.05) is 14.2 Å². The molecule has 0 saturated carbocycles. The Labute approximate surface area is 125 Å². The highest BCUT2D eigenvalue weighted by Crippen LogP contribution is 2.30. The van der Waals surface area contributed by atoms with Crippen LogP contribution in [0, 0.1) is 0 Å². The Hall–Kier alpha value is -0.970. The molecule has 0 N–H and O–H groups in total. The summed E-state index contributed by atoms with van der Waals surface area (Å²) >= 11 is 17.7.